The third kappa shape index (κ3) is 3.20. The zero-order chi connectivity index (χ0) is 13.0. The van der Waals surface area contributed by atoms with Gasteiger partial charge in [-0.05, 0) is 55.2 Å². The van der Waals surface area contributed by atoms with E-state index in [1.165, 1.54) is 24.1 Å². The van der Waals surface area contributed by atoms with Gasteiger partial charge in [-0.25, -0.2) is 0 Å². The van der Waals surface area contributed by atoms with Gasteiger partial charge in [0.1, 0.15) is 0 Å². The number of nitrogens with zero attached hydrogens (tertiary/aromatic N) is 2. The molecule has 1 saturated heterocycles. The molecule has 0 bridgehead atoms. The summed E-state index contributed by atoms with van der Waals surface area (Å²) in [5.74, 6) is 0. The Morgan fingerprint density at radius 1 is 1.44 bits per heavy atom. The molecule has 3 N–H and O–H groups in total. The van der Waals surface area contributed by atoms with E-state index in [1.807, 2.05) is 0 Å². The summed E-state index contributed by atoms with van der Waals surface area (Å²) in [6, 6.07) is 6.42. The van der Waals surface area contributed by atoms with Crippen molar-refractivity contribution in [2.75, 3.05) is 18.0 Å². The Kier molecular flexibility index (Phi) is 4.15. The van der Waals surface area contributed by atoms with Crippen LogP contribution in [0.1, 0.15) is 24.0 Å². The molecule has 96 valence electrons. The second-order valence-electron chi connectivity index (χ2n) is 4.47. The molecule has 4 nitrogen and oxygen atoms in total. The van der Waals surface area contributed by atoms with E-state index in [1.54, 1.807) is 6.21 Å². The van der Waals surface area contributed by atoms with Crippen molar-refractivity contribution < 1.29 is 0 Å². The van der Waals surface area contributed by atoms with Crippen molar-refractivity contribution in [3.8, 4) is 0 Å². The van der Waals surface area contributed by atoms with Gasteiger partial charge in [0.2, 0.25) is 0 Å². The van der Waals surface area contributed by atoms with E-state index in [0.717, 1.165) is 18.7 Å². The first-order chi connectivity index (χ1) is 8.66. The fraction of sp³-hybridized carbons (Fsp3) is 0.385. The van der Waals surface area contributed by atoms with Gasteiger partial charge in [-0.15, -0.1) is 0 Å². The predicted octanol–water partition coefficient (Wildman–Crippen LogP) is 1.76. The highest BCUT2D eigenvalue weighted by molar-refractivity contribution is 7.80. The number of nitrogens with one attached hydrogen (secondary N) is 1. The van der Waals surface area contributed by atoms with Crippen LogP contribution < -0.4 is 16.1 Å². The Labute approximate surface area is 113 Å². The Morgan fingerprint density at radius 2 is 2.17 bits per heavy atom. The SMILES string of the molecule is Cc1cc(N2CCCC2)ccc1C=NNC(N)=S. The number of aryl methyl sites for hydroxylation is 1. The van der Waals surface area contributed by atoms with Crippen molar-refractivity contribution in [3.05, 3.63) is 29.3 Å². The Morgan fingerprint density at radius 3 is 2.78 bits per heavy atom. The summed E-state index contributed by atoms with van der Waals surface area (Å²) in [6.07, 6.45) is 4.32. The Balaban J connectivity index is 2.09. The van der Waals surface area contributed by atoms with Crippen LogP contribution in [-0.4, -0.2) is 24.4 Å². The fourth-order valence-electron chi connectivity index (χ4n) is 2.14. The lowest BCUT2D eigenvalue weighted by molar-refractivity contribution is 0.949. The number of benzene rings is 1. The summed E-state index contributed by atoms with van der Waals surface area (Å²) in [4.78, 5) is 2.42. The number of hydrazone groups is 1. The normalized spacial score (nSPS) is 15.3. The fourth-order valence-corrected chi connectivity index (χ4v) is 2.19. The number of thiocarbonyl (C=S) groups is 1. The lowest BCUT2D eigenvalue weighted by Gasteiger charge is -2.18. The molecule has 1 fully saturated rings. The van der Waals surface area contributed by atoms with Crippen LogP contribution in [0.15, 0.2) is 23.3 Å². The minimum atomic E-state index is 0.178. The van der Waals surface area contributed by atoms with Crippen LogP contribution in [0.3, 0.4) is 0 Å². The van der Waals surface area contributed by atoms with Gasteiger partial charge in [-0.2, -0.15) is 5.10 Å². The van der Waals surface area contributed by atoms with Gasteiger partial charge in [0.25, 0.3) is 0 Å². The first-order valence-corrected chi connectivity index (χ1v) is 6.52. The van der Waals surface area contributed by atoms with Gasteiger partial charge in [0, 0.05) is 18.8 Å². The first kappa shape index (κ1) is 12.8. The molecule has 0 unspecified atom stereocenters. The molecule has 0 saturated carbocycles. The van der Waals surface area contributed by atoms with Crippen molar-refractivity contribution in [3.63, 3.8) is 0 Å². The van der Waals surface area contributed by atoms with Gasteiger partial charge in [0.15, 0.2) is 5.11 Å². The zero-order valence-corrected chi connectivity index (χ0v) is 11.3. The maximum atomic E-state index is 5.30. The number of anilines is 1. The molecule has 0 spiro atoms. The summed E-state index contributed by atoms with van der Waals surface area (Å²) in [6.45, 7) is 4.41. The maximum Gasteiger partial charge on any atom is 0.184 e. The lowest BCUT2D eigenvalue weighted by Crippen LogP contribution is -2.24. The van der Waals surface area contributed by atoms with Crippen molar-refractivity contribution in [2.45, 2.75) is 19.8 Å². The molecule has 2 rings (SSSR count). The van der Waals surface area contributed by atoms with E-state index >= 15 is 0 Å². The molecule has 0 atom stereocenters. The molecule has 0 aliphatic carbocycles. The van der Waals surface area contributed by atoms with Gasteiger partial charge in [-0.3, -0.25) is 5.43 Å². The number of rotatable bonds is 3. The van der Waals surface area contributed by atoms with Crippen LogP contribution in [0.5, 0.6) is 0 Å². The molecule has 0 aromatic heterocycles. The van der Waals surface area contributed by atoms with Crippen LogP contribution in [0.25, 0.3) is 0 Å². The van der Waals surface area contributed by atoms with Crippen LogP contribution in [0, 0.1) is 6.92 Å². The van der Waals surface area contributed by atoms with Crippen LogP contribution >= 0.6 is 12.2 Å². The van der Waals surface area contributed by atoms with Gasteiger partial charge in [-0.1, -0.05) is 6.07 Å². The first-order valence-electron chi connectivity index (χ1n) is 6.11. The van der Waals surface area contributed by atoms with Crippen molar-refractivity contribution in [1.29, 1.82) is 0 Å². The monoisotopic (exact) mass is 262 g/mol. The van der Waals surface area contributed by atoms with Crippen LogP contribution in [0.4, 0.5) is 5.69 Å². The van der Waals surface area contributed by atoms with E-state index < -0.39 is 0 Å². The Hall–Kier alpha value is -1.62. The third-order valence-electron chi connectivity index (χ3n) is 3.10. The van der Waals surface area contributed by atoms with Crippen LogP contribution in [0.2, 0.25) is 0 Å². The summed E-state index contributed by atoms with van der Waals surface area (Å²) in [5.41, 5.74) is 11.4. The molecule has 5 heteroatoms. The molecule has 18 heavy (non-hydrogen) atoms. The average molecular weight is 262 g/mol. The van der Waals surface area contributed by atoms with Crippen molar-refractivity contribution in [1.82, 2.24) is 5.43 Å². The third-order valence-corrected chi connectivity index (χ3v) is 3.19. The standard InChI is InChI=1S/C13H18N4S/c1-10-8-12(17-6-2-3-7-17)5-4-11(10)9-15-16-13(14)18/h4-5,8-9H,2-3,6-7H2,1H3,(H3,14,16,18). The number of hydrogen-bond donors (Lipinski definition) is 2. The quantitative estimate of drug-likeness (QED) is 0.495. The summed E-state index contributed by atoms with van der Waals surface area (Å²) in [5, 5.41) is 4.15. The summed E-state index contributed by atoms with van der Waals surface area (Å²) < 4.78 is 0. The van der Waals surface area contributed by atoms with Gasteiger partial charge >= 0.3 is 0 Å². The molecule has 1 heterocycles. The second kappa shape index (κ2) is 5.82. The highest BCUT2D eigenvalue weighted by Gasteiger charge is 2.12. The minimum absolute atomic E-state index is 0.178. The Bertz CT molecular complexity index is 464. The van der Waals surface area contributed by atoms with Crippen molar-refractivity contribution in [2.24, 2.45) is 10.8 Å². The molecule has 1 aliphatic heterocycles. The summed E-state index contributed by atoms with van der Waals surface area (Å²) in [7, 11) is 0. The van der Waals surface area contributed by atoms with Gasteiger partial charge in [0.05, 0.1) is 6.21 Å². The van der Waals surface area contributed by atoms with E-state index in [-0.39, 0.29) is 5.11 Å². The van der Waals surface area contributed by atoms with E-state index in [4.69, 9.17) is 5.73 Å². The molecule has 1 aliphatic rings. The molecular formula is C13H18N4S. The maximum absolute atomic E-state index is 5.30. The molecular weight excluding hydrogens is 244 g/mol. The predicted molar refractivity (Wildman–Crippen MR) is 80.1 cm³/mol. The summed E-state index contributed by atoms with van der Waals surface area (Å²) >= 11 is 4.68. The molecule has 1 aromatic carbocycles. The van der Waals surface area contributed by atoms with Crippen molar-refractivity contribution >= 4 is 29.2 Å². The second-order valence-corrected chi connectivity index (χ2v) is 4.91. The van der Waals surface area contributed by atoms with Gasteiger partial charge < -0.3 is 10.6 Å². The lowest BCUT2D eigenvalue weighted by atomic mass is 10.1. The number of nitrogens with two attached hydrogens (primary N) is 1. The smallest absolute Gasteiger partial charge is 0.184 e. The number of hydrogen-bond acceptors (Lipinski definition) is 3. The zero-order valence-electron chi connectivity index (χ0n) is 10.5. The van der Waals surface area contributed by atoms with E-state index in [0.29, 0.717) is 0 Å². The molecule has 0 amide bonds. The highest BCUT2D eigenvalue weighted by Crippen LogP contribution is 2.22. The topological polar surface area (TPSA) is 53.6 Å². The molecule has 1 aromatic rings. The molecule has 0 radical (unpaired) electrons. The van der Waals surface area contributed by atoms with Crippen LogP contribution in [-0.2, 0) is 0 Å². The largest absolute Gasteiger partial charge is 0.375 e. The average Bonchev–Trinajstić information content (AvgIpc) is 2.84. The highest BCUT2D eigenvalue weighted by atomic mass is 32.1. The minimum Gasteiger partial charge on any atom is -0.375 e. The van der Waals surface area contributed by atoms with E-state index in [2.05, 4.69) is 52.8 Å². The van der Waals surface area contributed by atoms with E-state index in [9.17, 15) is 0 Å².